The molecule has 0 aromatic heterocycles. The molecule has 11 heavy (non-hydrogen) atoms. The molecule has 0 aromatic carbocycles. The highest BCUT2D eigenvalue weighted by molar-refractivity contribution is 4.63. The summed E-state index contributed by atoms with van der Waals surface area (Å²) in [5.74, 6) is 0.922. The van der Waals surface area contributed by atoms with E-state index >= 15 is 0 Å². The van der Waals surface area contributed by atoms with Crippen molar-refractivity contribution in [3.8, 4) is 0 Å². The highest BCUT2D eigenvalue weighted by Gasteiger charge is 2.24. The first kappa shape index (κ1) is 9.01. The Bertz CT molecular complexity index is 111. The van der Waals surface area contributed by atoms with Crippen LogP contribution in [0.4, 0.5) is 0 Å². The van der Waals surface area contributed by atoms with Crippen molar-refractivity contribution >= 4 is 0 Å². The zero-order valence-electron chi connectivity index (χ0n) is 7.84. The molecule has 0 aliphatic carbocycles. The molecule has 1 heterocycles. The molecule has 1 rings (SSSR count). The number of nitrogens with zero attached hydrogens (tertiary/aromatic N) is 1. The molecule has 0 amide bonds. The SMILES string of the molecule is C[N+]1(C)CCC(CCN)CC1. The Morgan fingerprint density at radius 3 is 2.27 bits per heavy atom. The molecule has 0 unspecified atom stereocenters. The number of quaternary nitrogens is 1. The Labute approximate surface area is 70.0 Å². The van der Waals surface area contributed by atoms with Gasteiger partial charge in [-0.2, -0.15) is 0 Å². The summed E-state index contributed by atoms with van der Waals surface area (Å²) in [5, 5.41) is 0. The minimum atomic E-state index is 0.873. The molecule has 0 saturated carbocycles. The van der Waals surface area contributed by atoms with Gasteiger partial charge in [-0.25, -0.2) is 0 Å². The van der Waals surface area contributed by atoms with Crippen molar-refractivity contribution in [3.63, 3.8) is 0 Å². The second-order valence-electron chi connectivity index (χ2n) is 4.40. The Kier molecular flexibility index (Phi) is 2.90. The Hall–Kier alpha value is -0.0800. The van der Waals surface area contributed by atoms with Crippen molar-refractivity contribution in [1.29, 1.82) is 0 Å². The molecular weight excluding hydrogens is 136 g/mol. The molecule has 0 bridgehead atoms. The van der Waals surface area contributed by atoms with Crippen LogP contribution < -0.4 is 5.73 Å². The van der Waals surface area contributed by atoms with Gasteiger partial charge in [0.15, 0.2) is 0 Å². The molecule has 2 nitrogen and oxygen atoms in total. The maximum Gasteiger partial charge on any atom is 0.0785 e. The van der Waals surface area contributed by atoms with Crippen LogP contribution in [0.1, 0.15) is 19.3 Å². The highest BCUT2D eigenvalue weighted by Crippen LogP contribution is 2.22. The van der Waals surface area contributed by atoms with E-state index in [-0.39, 0.29) is 0 Å². The molecule has 1 fully saturated rings. The topological polar surface area (TPSA) is 26.0 Å². The summed E-state index contributed by atoms with van der Waals surface area (Å²) in [7, 11) is 4.64. The fraction of sp³-hybridized carbons (Fsp3) is 1.00. The number of nitrogens with two attached hydrogens (primary N) is 1. The lowest BCUT2D eigenvalue weighted by Crippen LogP contribution is -2.46. The van der Waals surface area contributed by atoms with Crippen molar-refractivity contribution in [2.24, 2.45) is 11.7 Å². The molecule has 0 spiro atoms. The van der Waals surface area contributed by atoms with Crippen molar-refractivity contribution in [2.75, 3.05) is 33.7 Å². The van der Waals surface area contributed by atoms with E-state index in [1.807, 2.05) is 0 Å². The lowest BCUT2D eigenvalue weighted by Gasteiger charge is -2.37. The average Bonchev–Trinajstić information content (AvgIpc) is 1.94. The summed E-state index contributed by atoms with van der Waals surface area (Å²) in [6.07, 6.45) is 3.99. The van der Waals surface area contributed by atoms with Gasteiger partial charge in [0.25, 0.3) is 0 Å². The van der Waals surface area contributed by atoms with Crippen LogP contribution in [0, 0.1) is 5.92 Å². The van der Waals surface area contributed by atoms with Gasteiger partial charge in [0.1, 0.15) is 0 Å². The van der Waals surface area contributed by atoms with E-state index in [2.05, 4.69) is 14.1 Å². The molecule has 1 aliphatic rings. The van der Waals surface area contributed by atoms with E-state index in [1.165, 1.54) is 36.8 Å². The van der Waals surface area contributed by atoms with Crippen molar-refractivity contribution < 1.29 is 4.48 Å². The van der Waals surface area contributed by atoms with Crippen LogP contribution in [0.2, 0.25) is 0 Å². The van der Waals surface area contributed by atoms with Crippen LogP contribution in [0.25, 0.3) is 0 Å². The number of hydrogen-bond donors (Lipinski definition) is 1. The molecule has 1 aliphatic heterocycles. The van der Waals surface area contributed by atoms with E-state index in [0.717, 1.165) is 12.5 Å². The minimum Gasteiger partial charge on any atom is -0.330 e. The van der Waals surface area contributed by atoms with Gasteiger partial charge >= 0.3 is 0 Å². The summed E-state index contributed by atoms with van der Waals surface area (Å²) >= 11 is 0. The third-order valence-corrected chi connectivity index (χ3v) is 2.86. The fourth-order valence-corrected chi connectivity index (χ4v) is 1.84. The summed E-state index contributed by atoms with van der Waals surface area (Å²) < 4.78 is 1.21. The van der Waals surface area contributed by atoms with Crippen LogP contribution in [0.15, 0.2) is 0 Å². The van der Waals surface area contributed by atoms with Gasteiger partial charge in [-0.15, -0.1) is 0 Å². The first-order valence-electron chi connectivity index (χ1n) is 4.66. The smallest absolute Gasteiger partial charge is 0.0785 e. The van der Waals surface area contributed by atoms with Gasteiger partial charge in [0, 0.05) is 0 Å². The van der Waals surface area contributed by atoms with Crippen LogP contribution in [0.5, 0.6) is 0 Å². The molecule has 0 aromatic rings. The fourth-order valence-electron chi connectivity index (χ4n) is 1.84. The van der Waals surface area contributed by atoms with Crippen LogP contribution in [-0.2, 0) is 0 Å². The Morgan fingerprint density at radius 1 is 1.27 bits per heavy atom. The van der Waals surface area contributed by atoms with Gasteiger partial charge < -0.3 is 10.2 Å². The zero-order chi connectivity index (χ0) is 8.32. The molecule has 2 heteroatoms. The number of rotatable bonds is 2. The summed E-state index contributed by atoms with van der Waals surface area (Å²) in [6.45, 7) is 3.55. The van der Waals surface area contributed by atoms with Crippen molar-refractivity contribution in [1.82, 2.24) is 0 Å². The first-order valence-corrected chi connectivity index (χ1v) is 4.66. The van der Waals surface area contributed by atoms with Gasteiger partial charge in [-0.1, -0.05) is 0 Å². The zero-order valence-corrected chi connectivity index (χ0v) is 7.84. The van der Waals surface area contributed by atoms with E-state index in [1.54, 1.807) is 0 Å². The number of likely N-dealkylation sites (tertiary alicyclic amines) is 1. The Balaban J connectivity index is 2.25. The summed E-state index contributed by atoms with van der Waals surface area (Å²) in [4.78, 5) is 0. The van der Waals surface area contributed by atoms with Gasteiger partial charge in [-0.3, -0.25) is 0 Å². The van der Waals surface area contributed by atoms with E-state index < -0.39 is 0 Å². The summed E-state index contributed by atoms with van der Waals surface area (Å²) in [6, 6.07) is 0. The first-order chi connectivity index (χ1) is 5.14. The third-order valence-electron chi connectivity index (χ3n) is 2.86. The monoisotopic (exact) mass is 157 g/mol. The van der Waals surface area contributed by atoms with E-state index in [9.17, 15) is 0 Å². The third kappa shape index (κ3) is 2.80. The lowest BCUT2D eigenvalue weighted by molar-refractivity contribution is -0.896. The molecule has 1 saturated heterocycles. The second-order valence-corrected chi connectivity index (χ2v) is 4.40. The van der Waals surface area contributed by atoms with Crippen LogP contribution in [-0.4, -0.2) is 38.2 Å². The summed E-state index contributed by atoms with van der Waals surface area (Å²) in [5.41, 5.74) is 5.52. The molecule has 0 radical (unpaired) electrons. The van der Waals surface area contributed by atoms with Crippen molar-refractivity contribution in [2.45, 2.75) is 19.3 Å². The second kappa shape index (κ2) is 3.55. The molecule has 66 valence electrons. The maximum absolute atomic E-state index is 5.52. The average molecular weight is 157 g/mol. The predicted octanol–water partition coefficient (Wildman–Crippen LogP) is 0.822. The standard InChI is InChI=1S/C9H21N2/c1-11(2)7-4-9(3-6-10)5-8-11/h9H,3-8,10H2,1-2H3/q+1. The van der Waals surface area contributed by atoms with Gasteiger partial charge in [0.05, 0.1) is 27.2 Å². The van der Waals surface area contributed by atoms with E-state index in [4.69, 9.17) is 5.73 Å². The number of piperidine rings is 1. The molecule has 0 atom stereocenters. The van der Waals surface area contributed by atoms with Gasteiger partial charge in [0.2, 0.25) is 0 Å². The van der Waals surface area contributed by atoms with Crippen LogP contribution in [0.3, 0.4) is 0 Å². The normalized spacial score (nSPS) is 25.4. The molecular formula is C9H21N2+. The number of hydrogen-bond acceptors (Lipinski definition) is 1. The lowest BCUT2D eigenvalue weighted by atomic mass is 9.93. The molecule has 2 N–H and O–H groups in total. The highest BCUT2D eigenvalue weighted by atomic mass is 15.3. The Morgan fingerprint density at radius 2 is 1.82 bits per heavy atom. The van der Waals surface area contributed by atoms with E-state index in [0.29, 0.717) is 0 Å². The maximum atomic E-state index is 5.52. The quantitative estimate of drug-likeness (QED) is 0.590. The van der Waals surface area contributed by atoms with Gasteiger partial charge in [-0.05, 0) is 31.7 Å². The largest absolute Gasteiger partial charge is 0.330 e. The predicted molar refractivity (Wildman–Crippen MR) is 48.2 cm³/mol. The minimum absolute atomic E-state index is 0.873. The van der Waals surface area contributed by atoms with Crippen molar-refractivity contribution in [3.05, 3.63) is 0 Å². The van der Waals surface area contributed by atoms with Crippen LogP contribution >= 0.6 is 0 Å².